The van der Waals surface area contributed by atoms with Crippen LogP contribution in [0.4, 0.5) is 17.2 Å². The van der Waals surface area contributed by atoms with Crippen LogP contribution >= 0.6 is 11.6 Å². The molecule has 138 valence electrons. The summed E-state index contributed by atoms with van der Waals surface area (Å²) in [5.74, 6) is 1.70. The van der Waals surface area contributed by atoms with E-state index in [9.17, 15) is 0 Å². The van der Waals surface area contributed by atoms with E-state index in [1.165, 1.54) is 0 Å². The van der Waals surface area contributed by atoms with Crippen LogP contribution in [0.1, 0.15) is 12.6 Å². The van der Waals surface area contributed by atoms with Gasteiger partial charge < -0.3 is 20.8 Å². The molecule has 3 aromatic rings. The van der Waals surface area contributed by atoms with Crippen molar-refractivity contribution < 1.29 is 4.74 Å². The van der Waals surface area contributed by atoms with Crippen LogP contribution in [-0.2, 0) is 0 Å². The fourth-order valence-corrected chi connectivity index (χ4v) is 2.91. The maximum Gasteiger partial charge on any atom is 0.162 e. The van der Waals surface area contributed by atoms with E-state index in [4.69, 9.17) is 21.7 Å². The van der Waals surface area contributed by atoms with Crippen molar-refractivity contribution in [3.8, 4) is 17.1 Å². The highest BCUT2D eigenvalue weighted by Crippen LogP contribution is 2.32. The summed E-state index contributed by atoms with van der Waals surface area (Å²) in [5.41, 5.74) is 3.15. The normalized spacial score (nSPS) is 10.4. The molecule has 1 heterocycles. The molecule has 0 saturated carbocycles. The molecular formula is C20H20ClN5O. The highest BCUT2D eigenvalue weighted by Gasteiger charge is 2.16. The van der Waals surface area contributed by atoms with Crippen LogP contribution in [0, 0.1) is 5.41 Å². The number of aromatic nitrogens is 2. The minimum absolute atomic E-state index is 0.342. The van der Waals surface area contributed by atoms with Crippen molar-refractivity contribution in [2.45, 2.75) is 6.92 Å². The van der Waals surface area contributed by atoms with E-state index in [0.29, 0.717) is 39.5 Å². The average molecular weight is 382 g/mol. The standard InChI is InChI=1S/C20H20ClN5O/c1-12(22)17-18(23-2)20(24-14-9-10-16(27-3)15(21)11-14)26-19(25-17)13-7-5-4-6-8-13/h4-11,22-23H,1-3H3,(H,24,25,26). The Hall–Kier alpha value is -3.12. The van der Waals surface area contributed by atoms with Gasteiger partial charge in [-0.2, -0.15) is 0 Å². The van der Waals surface area contributed by atoms with Gasteiger partial charge in [-0.15, -0.1) is 0 Å². The van der Waals surface area contributed by atoms with E-state index in [1.54, 1.807) is 33.2 Å². The highest BCUT2D eigenvalue weighted by atomic mass is 35.5. The number of nitrogens with zero attached hydrogens (tertiary/aromatic N) is 2. The Morgan fingerprint density at radius 3 is 2.44 bits per heavy atom. The average Bonchev–Trinajstić information content (AvgIpc) is 2.68. The Morgan fingerprint density at radius 1 is 1.11 bits per heavy atom. The molecule has 3 N–H and O–H groups in total. The molecule has 0 aliphatic rings. The number of hydrogen-bond donors (Lipinski definition) is 3. The van der Waals surface area contributed by atoms with Crippen LogP contribution < -0.4 is 15.4 Å². The predicted octanol–water partition coefficient (Wildman–Crippen LogP) is 4.98. The second-order valence-corrected chi connectivity index (χ2v) is 6.24. The van der Waals surface area contributed by atoms with Crippen molar-refractivity contribution in [3.63, 3.8) is 0 Å². The van der Waals surface area contributed by atoms with E-state index in [1.807, 2.05) is 36.4 Å². The van der Waals surface area contributed by atoms with Gasteiger partial charge in [0, 0.05) is 18.3 Å². The number of ether oxygens (including phenoxy) is 1. The smallest absolute Gasteiger partial charge is 0.162 e. The number of benzene rings is 2. The molecule has 0 aliphatic heterocycles. The second kappa shape index (κ2) is 8.05. The number of halogens is 1. The lowest BCUT2D eigenvalue weighted by molar-refractivity contribution is 0.415. The van der Waals surface area contributed by atoms with E-state index >= 15 is 0 Å². The third kappa shape index (κ3) is 4.01. The number of nitrogens with one attached hydrogen (secondary N) is 3. The third-order valence-corrected chi connectivity index (χ3v) is 4.26. The lowest BCUT2D eigenvalue weighted by Gasteiger charge is -2.16. The van der Waals surface area contributed by atoms with Gasteiger partial charge in [0.15, 0.2) is 11.6 Å². The van der Waals surface area contributed by atoms with Crippen LogP contribution in [0.3, 0.4) is 0 Å². The van der Waals surface area contributed by atoms with Crippen molar-refractivity contribution in [2.24, 2.45) is 0 Å². The van der Waals surface area contributed by atoms with E-state index in [-0.39, 0.29) is 0 Å². The van der Waals surface area contributed by atoms with Gasteiger partial charge in [0.05, 0.1) is 17.8 Å². The first-order chi connectivity index (χ1) is 13.0. The maximum absolute atomic E-state index is 8.11. The van der Waals surface area contributed by atoms with Crippen molar-refractivity contribution >= 4 is 34.5 Å². The molecule has 0 bridgehead atoms. The van der Waals surface area contributed by atoms with Gasteiger partial charge in [-0.05, 0) is 25.1 Å². The summed E-state index contributed by atoms with van der Waals surface area (Å²) in [4.78, 5) is 9.24. The SMILES string of the molecule is CNc1c(Nc2ccc(OC)c(Cl)c2)nc(-c2ccccc2)nc1C(C)=N. The van der Waals surface area contributed by atoms with E-state index < -0.39 is 0 Å². The molecule has 2 aromatic carbocycles. The van der Waals surface area contributed by atoms with Crippen LogP contribution in [-0.4, -0.2) is 29.8 Å². The van der Waals surface area contributed by atoms with Gasteiger partial charge in [0.2, 0.25) is 0 Å². The first kappa shape index (κ1) is 18.7. The quantitative estimate of drug-likeness (QED) is 0.524. The summed E-state index contributed by atoms with van der Waals surface area (Å²) >= 11 is 6.23. The minimum Gasteiger partial charge on any atom is -0.495 e. The summed E-state index contributed by atoms with van der Waals surface area (Å²) in [5, 5.41) is 15.0. The number of methoxy groups -OCH3 is 1. The van der Waals surface area contributed by atoms with Gasteiger partial charge in [0.25, 0.3) is 0 Å². The zero-order valence-electron chi connectivity index (χ0n) is 15.3. The zero-order valence-corrected chi connectivity index (χ0v) is 16.1. The fourth-order valence-electron chi connectivity index (χ4n) is 2.66. The lowest BCUT2D eigenvalue weighted by Crippen LogP contribution is -2.10. The van der Waals surface area contributed by atoms with Crippen molar-refractivity contribution in [1.82, 2.24) is 9.97 Å². The summed E-state index contributed by atoms with van der Waals surface area (Å²) in [6.45, 7) is 1.70. The zero-order chi connectivity index (χ0) is 19.4. The van der Waals surface area contributed by atoms with Crippen molar-refractivity contribution in [2.75, 3.05) is 24.8 Å². The first-order valence-electron chi connectivity index (χ1n) is 8.34. The lowest BCUT2D eigenvalue weighted by atomic mass is 10.1. The fraction of sp³-hybridized carbons (Fsp3) is 0.150. The van der Waals surface area contributed by atoms with Gasteiger partial charge >= 0.3 is 0 Å². The van der Waals surface area contributed by atoms with Crippen molar-refractivity contribution in [3.05, 3.63) is 59.2 Å². The maximum atomic E-state index is 8.11. The number of hydrogen-bond acceptors (Lipinski definition) is 6. The number of rotatable bonds is 6. The molecule has 0 aliphatic carbocycles. The minimum atomic E-state index is 0.342. The van der Waals surface area contributed by atoms with Gasteiger partial charge in [0.1, 0.15) is 17.1 Å². The summed E-state index contributed by atoms with van der Waals surface area (Å²) in [7, 11) is 3.35. The molecule has 0 unspecified atom stereocenters. The molecule has 7 heteroatoms. The highest BCUT2D eigenvalue weighted by molar-refractivity contribution is 6.32. The monoisotopic (exact) mass is 381 g/mol. The summed E-state index contributed by atoms with van der Waals surface area (Å²) in [6.07, 6.45) is 0. The van der Waals surface area contributed by atoms with Crippen LogP contribution in [0.25, 0.3) is 11.4 Å². The van der Waals surface area contributed by atoms with Crippen LogP contribution in [0.2, 0.25) is 5.02 Å². The van der Waals surface area contributed by atoms with E-state index in [2.05, 4.69) is 20.6 Å². The Labute approximate surface area is 163 Å². The molecule has 0 spiro atoms. The Bertz CT molecular complexity index is 976. The van der Waals surface area contributed by atoms with Crippen LogP contribution in [0.15, 0.2) is 48.5 Å². The summed E-state index contributed by atoms with van der Waals surface area (Å²) in [6, 6.07) is 15.1. The Balaban J connectivity index is 2.11. The molecule has 0 radical (unpaired) electrons. The largest absolute Gasteiger partial charge is 0.495 e. The second-order valence-electron chi connectivity index (χ2n) is 5.83. The molecule has 0 amide bonds. The topological polar surface area (TPSA) is 82.9 Å². The molecule has 3 rings (SSSR count). The van der Waals surface area contributed by atoms with Gasteiger partial charge in [-0.25, -0.2) is 9.97 Å². The van der Waals surface area contributed by atoms with Crippen LogP contribution in [0.5, 0.6) is 5.75 Å². The Morgan fingerprint density at radius 2 is 1.85 bits per heavy atom. The molecule has 0 fully saturated rings. The molecule has 6 nitrogen and oxygen atoms in total. The van der Waals surface area contributed by atoms with E-state index in [0.717, 1.165) is 11.3 Å². The molecule has 0 atom stereocenters. The molecule has 27 heavy (non-hydrogen) atoms. The third-order valence-electron chi connectivity index (χ3n) is 3.96. The summed E-state index contributed by atoms with van der Waals surface area (Å²) < 4.78 is 5.20. The molecular weight excluding hydrogens is 362 g/mol. The molecule has 1 aromatic heterocycles. The van der Waals surface area contributed by atoms with Gasteiger partial charge in [-0.3, -0.25) is 0 Å². The Kier molecular flexibility index (Phi) is 5.57. The van der Waals surface area contributed by atoms with Crippen molar-refractivity contribution in [1.29, 1.82) is 5.41 Å². The molecule has 0 saturated heterocycles. The van der Waals surface area contributed by atoms with Gasteiger partial charge in [-0.1, -0.05) is 41.9 Å². The predicted molar refractivity (Wildman–Crippen MR) is 111 cm³/mol. The number of anilines is 3. The first-order valence-corrected chi connectivity index (χ1v) is 8.72.